The van der Waals surface area contributed by atoms with E-state index in [0.29, 0.717) is 0 Å². The zero-order valence-electron chi connectivity index (χ0n) is 40.6. The maximum atomic E-state index is 0. The molecule has 0 aromatic heterocycles. The summed E-state index contributed by atoms with van der Waals surface area (Å²) in [5.74, 6) is 0. The van der Waals surface area contributed by atoms with Crippen LogP contribution < -0.4 is 318 Å². The normalized spacial score (nSPS) is 0. The molecule has 0 unspecified atom stereocenters. The molecule has 0 saturated heterocycles. The van der Waals surface area contributed by atoms with Crippen molar-refractivity contribution in [1.82, 2.24) is 18.5 Å². The van der Waals surface area contributed by atoms with E-state index in [-0.39, 0.29) is 689 Å². The molecule has 0 radical (unpaired) electrons. The summed E-state index contributed by atoms with van der Waals surface area (Å²) in [6.07, 6.45) is 0. The summed E-state index contributed by atoms with van der Waals surface area (Å²) >= 11 is 0. The third-order valence-corrected chi connectivity index (χ3v) is 0. The molecule has 198 valence electrons. The van der Waals surface area contributed by atoms with Gasteiger partial charge >= 0.3 is 444 Å². The molecule has 0 amide bonds. The van der Waals surface area contributed by atoms with Crippen LogP contribution in [0.5, 0.6) is 0 Å². The molecule has 0 aliphatic carbocycles. The van der Waals surface area contributed by atoms with E-state index in [1.54, 1.807) is 0 Å². The standard InChI is InChI=1S/6BrH.2Ca.6ClH.5FH.3K.3Li.3Mg.3H3N.3Na.19H/h6*1H;;;11*1H;;;;;;;;;;3*1H3;;;;;;;;;;;;;;;;;;;;;;/q;;;;;;2*+2;;;;;;;;;;;;6*+1;3*+2;;;;3*+1;19*-1. The predicted octanol–water partition coefficient (Wildman–Crippen LogP) is -19.5. The van der Waals surface area contributed by atoms with Crippen LogP contribution >= 0.6 is 176 Å². The van der Waals surface area contributed by atoms with Crippen LogP contribution in [0.25, 0.3) is 0 Å². The molecule has 0 fully saturated rings. The first-order valence-corrected chi connectivity index (χ1v) is 0. The van der Waals surface area contributed by atoms with Crippen LogP contribution in [-0.4, -0.2) is 145 Å². The van der Waals surface area contributed by atoms with Gasteiger partial charge in [0.1, 0.15) is 0 Å². The first kappa shape index (κ1) is 403. The average molecular weight is 1230 g/mol. The van der Waals surface area contributed by atoms with Crippen LogP contribution in [0.15, 0.2) is 0 Å². The predicted molar refractivity (Wildman–Crippen MR) is 183 cm³/mol. The van der Waals surface area contributed by atoms with E-state index in [1.807, 2.05) is 0 Å². The molecule has 0 spiro atoms. The third kappa shape index (κ3) is 359. The van der Waals surface area contributed by atoms with Crippen molar-refractivity contribution in [2.45, 2.75) is 0 Å². The molecule has 0 atom stereocenters. The Morgan fingerprint density at radius 1 is 0.294 bits per heavy atom. The summed E-state index contributed by atoms with van der Waals surface area (Å²) in [6, 6.07) is 0. The van der Waals surface area contributed by atoms with E-state index in [9.17, 15) is 0 Å². The molecule has 3 nitrogen and oxygen atoms in total. The smallest absolute Gasteiger partial charge is 1.00 e. The molecule has 0 aromatic carbocycles. The van der Waals surface area contributed by atoms with Crippen molar-refractivity contribution < 1.29 is 350 Å². The number of hydrogen-bond donors (Lipinski definition) is 3. The summed E-state index contributed by atoms with van der Waals surface area (Å²) in [5.41, 5.74) is 0. The Bertz CT molecular complexity index is 154. The fraction of sp³-hybridized carbons (Fsp3) is 0. The van der Waals surface area contributed by atoms with Gasteiger partial charge in [-0.25, -0.2) is 0 Å². The van der Waals surface area contributed by atoms with Gasteiger partial charge in [-0.1, -0.05) is 0 Å². The van der Waals surface area contributed by atoms with Crippen LogP contribution in [0.2, 0.25) is 0 Å². The molecule has 0 bridgehead atoms. The Kier molecular flexibility index (Phi) is 4520. The molecular weight excluding hydrogens is 1190 g/mol. The molecule has 0 aliphatic rings. The fourth-order valence-corrected chi connectivity index (χ4v) is 0. The van der Waals surface area contributed by atoms with Crippen molar-refractivity contribution in [3.8, 4) is 0 Å². The monoisotopic (exact) mass is 1220 g/mol. The van der Waals surface area contributed by atoms with E-state index in [4.69, 9.17) is 0 Å². The molecule has 0 aliphatic heterocycles. The van der Waals surface area contributed by atoms with Crippen molar-refractivity contribution in [1.29, 1.82) is 0 Å². The van der Waals surface area contributed by atoms with E-state index >= 15 is 0 Å². The van der Waals surface area contributed by atoms with E-state index in [2.05, 4.69) is 0 Å². The Labute approximate surface area is 670 Å². The zero-order valence-corrected chi connectivity index (χ0v) is 60.8. The van der Waals surface area contributed by atoms with Gasteiger partial charge in [0.25, 0.3) is 0 Å². The van der Waals surface area contributed by atoms with Gasteiger partial charge in [0.15, 0.2) is 0 Å². The second kappa shape index (κ2) is 381. The number of rotatable bonds is 0. The maximum Gasteiger partial charge on any atom is 2.00 e. The van der Waals surface area contributed by atoms with E-state index < -0.39 is 0 Å². The third-order valence-electron chi connectivity index (χ3n) is 0. The van der Waals surface area contributed by atoms with E-state index in [1.165, 1.54) is 0 Å². The molecule has 34 heteroatoms. The van der Waals surface area contributed by atoms with Gasteiger partial charge < -0.3 is 45.6 Å². The van der Waals surface area contributed by atoms with Gasteiger partial charge in [-0.15, -0.1) is 176 Å². The molecular formula is H45Br6Ca2Cl6F5K3Li3Mg3N3Na3. The zero-order chi connectivity index (χ0) is 0. The topological polar surface area (TPSA) is 105 Å². The number of halogens is 17. The summed E-state index contributed by atoms with van der Waals surface area (Å²) in [5, 5.41) is 0. The van der Waals surface area contributed by atoms with Gasteiger partial charge in [0.2, 0.25) is 0 Å². The maximum absolute atomic E-state index is 0. The van der Waals surface area contributed by atoms with Gasteiger partial charge in [-0.05, 0) is 0 Å². The van der Waals surface area contributed by atoms with Crippen LogP contribution in [0.3, 0.4) is 0 Å². The summed E-state index contributed by atoms with van der Waals surface area (Å²) in [4.78, 5) is 0. The van der Waals surface area contributed by atoms with Crippen molar-refractivity contribution in [3.63, 3.8) is 0 Å². The van der Waals surface area contributed by atoms with Crippen LogP contribution in [0.4, 0.5) is 23.5 Å². The van der Waals surface area contributed by atoms with Crippen LogP contribution in [0, 0.1) is 0 Å². The quantitative estimate of drug-likeness (QED) is 0.166. The molecule has 0 aromatic rings. The van der Waals surface area contributed by atoms with Crippen molar-refractivity contribution in [2.75, 3.05) is 0 Å². The second-order valence-corrected chi connectivity index (χ2v) is 0. The Balaban J connectivity index is 0. The molecule has 0 heterocycles. The largest absolute Gasteiger partial charge is 2.00 e. The van der Waals surface area contributed by atoms with Gasteiger partial charge in [-0.2, -0.15) is 0 Å². The minimum atomic E-state index is 0. The van der Waals surface area contributed by atoms with E-state index in [0.717, 1.165) is 0 Å². The van der Waals surface area contributed by atoms with Gasteiger partial charge in [-0.3, -0.25) is 23.5 Å². The van der Waals surface area contributed by atoms with Gasteiger partial charge in [0.05, 0.1) is 0 Å². The summed E-state index contributed by atoms with van der Waals surface area (Å²) in [7, 11) is 0. The number of hydrogen-bond acceptors (Lipinski definition) is 3. The molecule has 0 saturated carbocycles. The Morgan fingerprint density at radius 2 is 0.294 bits per heavy atom. The fourth-order valence-electron chi connectivity index (χ4n) is 0. The SMILES string of the molecule is Br.Br.Br.Br.Br.Br.Cl.Cl.Cl.Cl.Cl.Cl.F.F.F.F.F.N.N.N.[Ca+2].[Ca+2].[H-].[H-].[H-].[H-].[H-].[H-].[H-].[H-].[H-].[H-].[H-].[H-].[H-].[H-].[H-].[H-].[H-].[H-].[H-].[K+].[K+].[K+].[Li+].[Li+].[Li+].[Mg+2].[Mg+2].[Mg+2].[Na+].[Na+].[Na+]. The van der Waals surface area contributed by atoms with Gasteiger partial charge in [0, 0.05) is 0 Å². The first-order chi connectivity index (χ1) is 0. The summed E-state index contributed by atoms with van der Waals surface area (Å²) in [6.45, 7) is 0. The minimum Gasteiger partial charge on any atom is -1.00 e. The van der Waals surface area contributed by atoms with Crippen molar-refractivity contribution >= 4 is 321 Å². The average Bonchev–Trinajstić information content (AvgIpc) is 0. The van der Waals surface area contributed by atoms with Crippen molar-refractivity contribution in [3.05, 3.63) is 0 Å². The Hall–Kier alpha value is 18.7. The molecule has 9 N–H and O–H groups in total. The minimum absolute atomic E-state index is 0. The first-order valence-electron chi connectivity index (χ1n) is 0. The van der Waals surface area contributed by atoms with Crippen LogP contribution in [0.1, 0.15) is 27.1 Å². The van der Waals surface area contributed by atoms with Crippen LogP contribution in [-0.2, 0) is 0 Å². The van der Waals surface area contributed by atoms with Crippen molar-refractivity contribution in [2.24, 2.45) is 0 Å². The molecule has 34 heavy (non-hydrogen) atoms. The summed E-state index contributed by atoms with van der Waals surface area (Å²) < 4.78 is 0. The molecule has 0 rings (SSSR count). The Morgan fingerprint density at radius 3 is 0.294 bits per heavy atom. The second-order valence-electron chi connectivity index (χ2n) is 0.